The van der Waals surface area contributed by atoms with Crippen molar-refractivity contribution in [1.82, 2.24) is 0 Å². The van der Waals surface area contributed by atoms with Crippen molar-refractivity contribution in [3.05, 3.63) is 84.9 Å². The molecule has 0 aliphatic carbocycles. The molecule has 116 valence electrons. The Kier molecular flexibility index (Phi) is 7.24. The maximum Gasteiger partial charge on any atom is 0.216 e. The van der Waals surface area contributed by atoms with Gasteiger partial charge in [-0.15, -0.1) is 5.19 Å². The van der Waals surface area contributed by atoms with Gasteiger partial charge in [0.2, 0.25) is 8.32 Å². The van der Waals surface area contributed by atoms with Crippen molar-refractivity contribution >= 4 is 13.5 Å². The minimum Gasteiger partial charge on any atom is -0.748 e. The van der Waals surface area contributed by atoms with Crippen LogP contribution in [0.4, 0.5) is 0 Å². The van der Waals surface area contributed by atoms with Gasteiger partial charge < -0.3 is 34.8 Å². The Morgan fingerprint density at radius 1 is 0.810 bits per heavy atom. The summed E-state index contributed by atoms with van der Waals surface area (Å²) in [6, 6.07) is 28.5. The summed E-state index contributed by atoms with van der Waals surface area (Å²) < 4.78 is 6.09. The first-order valence-corrected chi connectivity index (χ1v) is 9.72. The molecule has 0 atom stereocenters. The number of benzene rings is 1. The van der Waals surface area contributed by atoms with Crippen LogP contribution >= 0.6 is 0 Å². The van der Waals surface area contributed by atoms with E-state index in [9.17, 15) is 0 Å². The normalized spacial score (nSPS) is 10.0. The minimum atomic E-state index is -1.77. The van der Waals surface area contributed by atoms with Gasteiger partial charge in [0, 0.05) is 17.1 Å². The third-order valence-electron chi connectivity index (χ3n) is 3.03. The van der Waals surface area contributed by atoms with Crippen molar-refractivity contribution in [3.8, 4) is 5.75 Å². The summed E-state index contributed by atoms with van der Waals surface area (Å²) in [7, 11) is -1.77. The molecule has 0 aliphatic heterocycles. The molecule has 3 heteroatoms. The fraction of sp³-hybridized carbons (Fsp3) is 0.111. The van der Waals surface area contributed by atoms with Crippen LogP contribution in [-0.4, -0.2) is 8.32 Å². The van der Waals surface area contributed by atoms with Crippen LogP contribution in [0.15, 0.2) is 84.9 Å². The molecular formula is C18H20FeOSi-6. The van der Waals surface area contributed by atoms with E-state index in [0.29, 0.717) is 0 Å². The van der Waals surface area contributed by atoms with Gasteiger partial charge in [0.25, 0.3) is 0 Å². The van der Waals surface area contributed by atoms with Gasteiger partial charge in [0.1, 0.15) is 5.75 Å². The summed E-state index contributed by atoms with van der Waals surface area (Å²) >= 11 is 0. The molecule has 0 aliphatic rings. The molecule has 3 aromatic rings. The summed E-state index contributed by atoms with van der Waals surface area (Å²) in [5, 5.41) is 1.34. The molecule has 3 rings (SSSR count). The van der Waals surface area contributed by atoms with Crippen LogP contribution in [0.25, 0.3) is 0 Å². The zero-order chi connectivity index (χ0) is 14.3. The van der Waals surface area contributed by atoms with Gasteiger partial charge in [0.15, 0.2) is 0 Å². The molecule has 0 N–H and O–H groups in total. The predicted molar refractivity (Wildman–Crippen MR) is 88.3 cm³/mol. The summed E-state index contributed by atoms with van der Waals surface area (Å²) in [4.78, 5) is 0. The third kappa shape index (κ3) is 5.76. The average Bonchev–Trinajstić information content (AvgIpc) is 3.16. The van der Waals surface area contributed by atoms with Gasteiger partial charge in [-0.1, -0.05) is 18.2 Å². The summed E-state index contributed by atoms with van der Waals surface area (Å²) in [6.07, 6.45) is 0. The van der Waals surface area contributed by atoms with Crippen molar-refractivity contribution in [2.45, 2.75) is 13.1 Å². The van der Waals surface area contributed by atoms with Gasteiger partial charge in [0.05, 0.1) is 0 Å². The second kappa shape index (κ2) is 8.68. The van der Waals surface area contributed by atoms with E-state index in [4.69, 9.17) is 4.43 Å². The van der Waals surface area contributed by atoms with Crippen LogP contribution in [0, 0.1) is 0 Å². The second-order valence-electron chi connectivity index (χ2n) is 5.06. The standard InChI is InChI=1S/C13H15OSi.C5H5.Fe/c1-15(2,13-10-6-7-11-13)14-12-8-4-3-5-9-12;1-2-4-5-3-1;/h3-11H,1-2H3;1-5H;/q-1;-5;. The number of para-hydroxylation sites is 1. The van der Waals surface area contributed by atoms with Crippen LogP contribution in [0.5, 0.6) is 5.75 Å². The Morgan fingerprint density at radius 3 is 1.76 bits per heavy atom. The largest absolute Gasteiger partial charge is 0.748 e. The van der Waals surface area contributed by atoms with Gasteiger partial charge >= 0.3 is 0 Å². The first-order valence-electron chi connectivity index (χ1n) is 6.81. The Morgan fingerprint density at radius 2 is 1.29 bits per heavy atom. The molecule has 3 aromatic carbocycles. The van der Waals surface area contributed by atoms with E-state index >= 15 is 0 Å². The van der Waals surface area contributed by atoms with E-state index < -0.39 is 8.32 Å². The molecule has 0 radical (unpaired) electrons. The van der Waals surface area contributed by atoms with Gasteiger partial charge in [-0.25, -0.2) is 12.1 Å². The molecule has 0 aromatic heterocycles. The van der Waals surface area contributed by atoms with Crippen LogP contribution < -0.4 is 9.61 Å². The van der Waals surface area contributed by atoms with Crippen molar-refractivity contribution in [2.75, 3.05) is 0 Å². The van der Waals surface area contributed by atoms with Crippen LogP contribution in [-0.2, 0) is 17.1 Å². The van der Waals surface area contributed by atoms with E-state index in [-0.39, 0.29) is 17.1 Å². The number of hydrogen-bond acceptors (Lipinski definition) is 1. The van der Waals surface area contributed by atoms with Gasteiger partial charge in [-0.2, -0.15) is 12.1 Å². The van der Waals surface area contributed by atoms with E-state index in [0.717, 1.165) is 5.75 Å². The molecule has 0 unspecified atom stereocenters. The number of rotatable bonds is 3. The fourth-order valence-electron chi connectivity index (χ4n) is 1.94. The summed E-state index contributed by atoms with van der Waals surface area (Å²) in [6.45, 7) is 4.44. The van der Waals surface area contributed by atoms with E-state index in [2.05, 4.69) is 37.4 Å². The Bertz CT molecular complexity index is 554. The van der Waals surface area contributed by atoms with Gasteiger partial charge in [-0.05, 0) is 25.2 Å². The predicted octanol–water partition coefficient (Wildman–Crippen LogP) is 4.30. The third-order valence-corrected chi connectivity index (χ3v) is 5.50. The van der Waals surface area contributed by atoms with Crippen LogP contribution in [0.2, 0.25) is 13.1 Å². The first-order chi connectivity index (χ1) is 9.68. The summed E-state index contributed by atoms with van der Waals surface area (Å²) in [5.41, 5.74) is 0. The Labute approximate surface area is 138 Å². The maximum absolute atomic E-state index is 6.09. The SMILES string of the molecule is C[Si](C)(Oc1ccccc1)[c-]1cccc1.[Fe].[cH-]1[cH-][cH-][cH-][cH-]1. The first kappa shape index (κ1) is 17.5. The number of hydrogen-bond donors (Lipinski definition) is 0. The van der Waals surface area contributed by atoms with Crippen molar-refractivity contribution in [2.24, 2.45) is 0 Å². The van der Waals surface area contributed by atoms with Crippen molar-refractivity contribution in [3.63, 3.8) is 0 Å². The minimum absolute atomic E-state index is 0. The maximum atomic E-state index is 6.09. The molecule has 0 bridgehead atoms. The molecule has 0 saturated heterocycles. The molecule has 21 heavy (non-hydrogen) atoms. The Hall–Kier alpha value is -1.54. The quantitative estimate of drug-likeness (QED) is 0.512. The monoisotopic (exact) mass is 336 g/mol. The zero-order valence-electron chi connectivity index (χ0n) is 12.3. The summed E-state index contributed by atoms with van der Waals surface area (Å²) in [5.74, 6) is 0.968. The van der Waals surface area contributed by atoms with Crippen molar-refractivity contribution in [1.29, 1.82) is 0 Å². The fourth-order valence-corrected chi connectivity index (χ4v) is 3.78. The molecule has 0 heterocycles. The molecule has 0 fully saturated rings. The van der Waals surface area contributed by atoms with Crippen molar-refractivity contribution < 1.29 is 21.5 Å². The van der Waals surface area contributed by atoms with Crippen LogP contribution in [0.1, 0.15) is 0 Å². The van der Waals surface area contributed by atoms with Gasteiger partial charge in [-0.3, -0.25) is 0 Å². The topological polar surface area (TPSA) is 9.23 Å². The van der Waals surface area contributed by atoms with E-state index in [1.807, 2.05) is 60.7 Å². The zero-order valence-corrected chi connectivity index (χ0v) is 14.4. The molecular weight excluding hydrogens is 316 g/mol. The second-order valence-corrected chi connectivity index (χ2v) is 8.86. The van der Waals surface area contributed by atoms with E-state index in [1.54, 1.807) is 0 Å². The Balaban J connectivity index is 0.000000313. The van der Waals surface area contributed by atoms with Crippen LogP contribution in [0.3, 0.4) is 0 Å². The molecule has 0 spiro atoms. The average molecular weight is 336 g/mol. The smallest absolute Gasteiger partial charge is 0.216 e. The molecule has 0 amide bonds. The van der Waals surface area contributed by atoms with E-state index in [1.165, 1.54) is 5.19 Å². The molecule has 0 saturated carbocycles. The molecule has 1 nitrogen and oxygen atoms in total.